The van der Waals surface area contributed by atoms with Crippen molar-refractivity contribution in [1.82, 2.24) is 5.32 Å². The monoisotopic (exact) mass is 277 g/mol. The Morgan fingerprint density at radius 3 is 2.60 bits per heavy atom. The molecule has 0 saturated heterocycles. The van der Waals surface area contributed by atoms with E-state index in [0.717, 1.165) is 5.56 Å². The third-order valence-electron chi connectivity index (χ3n) is 3.00. The van der Waals surface area contributed by atoms with Gasteiger partial charge in [0.25, 0.3) is 5.91 Å². The van der Waals surface area contributed by atoms with Gasteiger partial charge in [0.15, 0.2) is 0 Å². The van der Waals surface area contributed by atoms with Gasteiger partial charge in [-0.15, -0.1) is 0 Å². The number of hydrogen-bond donors (Lipinski definition) is 3. The number of amides is 1. The lowest BCUT2D eigenvalue weighted by Gasteiger charge is -2.22. The molecule has 0 spiro atoms. The number of amidine groups is 1. The predicted molar refractivity (Wildman–Crippen MR) is 80.1 cm³/mol. The summed E-state index contributed by atoms with van der Waals surface area (Å²) < 4.78 is 0. The highest BCUT2D eigenvalue weighted by Gasteiger charge is 2.20. The third kappa shape index (κ3) is 4.57. The largest absolute Gasteiger partial charge is 0.409 e. The molecule has 20 heavy (non-hydrogen) atoms. The predicted octanol–water partition coefficient (Wildman–Crippen LogP) is 2.24. The normalized spacial score (nSPS) is 12.2. The van der Waals surface area contributed by atoms with Gasteiger partial charge in [0.2, 0.25) is 0 Å². The van der Waals surface area contributed by atoms with Gasteiger partial charge in [-0.05, 0) is 23.5 Å². The Bertz CT molecular complexity index is 490. The summed E-state index contributed by atoms with van der Waals surface area (Å²) in [6, 6.07) is 7.61. The first-order chi connectivity index (χ1) is 9.36. The molecule has 0 aliphatic carbocycles. The van der Waals surface area contributed by atoms with Crippen molar-refractivity contribution < 1.29 is 10.0 Å². The lowest BCUT2D eigenvalue weighted by atomic mass is 9.83. The first-order valence-corrected chi connectivity index (χ1v) is 6.70. The second kappa shape index (κ2) is 6.93. The van der Waals surface area contributed by atoms with E-state index in [9.17, 15) is 4.79 Å². The molecule has 1 aromatic carbocycles. The first-order valence-electron chi connectivity index (χ1n) is 6.70. The number of hydrogen-bond acceptors (Lipinski definition) is 3. The molecule has 0 bridgehead atoms. The van der Waals surface area contributed by atoms with Crippen LogP contribution in [0.25, 0.3) is 0 Å². The van der Waals surface area contributed by atoms with Gasteiger partial charge in [-0.1, -0.05) is 44.1 Å². The molecule has 0 heterocycles. The Morgan fingerprint density at radius 2 is 2.00 bits per heavy atom. The smallest absolute Gasteiger partial charge is 0.251 e. The lowest BCUT2D eigenvalue weighted by Crippen LogP contribution is -2.28. The van der Waals surface area contributed by atoms with Crippen LogP contribution >= 0.6 is 0 Å². The molecule has 0 unspecified atom stereocenters. The van der Waals surface area contributed by atoms with Crippen LogP contribution in [0.5, 0.6) is 0 Å². The second-order valence-electron chi connectivity index (χ2n) is 5.75. The summed E-state index contributed by atoms with van der Waals surface area (Å²) in [5.74, 6) is 0.0874. The minimum atomic E-state index is -0.0879. The molecule has 0 atom stereocenters. The number of carbonyl (C=O) groups is 1. The van der Waals surface area contributed by atoms with Crippen molar-refractivity contribution in [2.75, 3.05) is 6.54 Å². The number of nitrogens with one attached hydrogen (secondary N) is 1. The summed E-state index contributed by atoms with van der Waals surface area (Å²) in [6.07, 6.45) is 1.09. The van der Waals surface area contributed by atoms with E-state index < -0.39 is 0 Å². The molecule has 5 heteroatoms. The minimum absolute atomic E-state index is 0.0814. The van der Waals surface area contributed by atoms with Crippen LogP contribution in [0.15, 0.2) is 29.4 Å². The van der Waals surface area contributed by atoms with E-state index in [1.54, 1.807) is 0 Å². The number of nitrogens with two attached hydrogens (primary N) is 1. The standard InChI is InChI=1S/C15H23N3O2/c1-15(2,3)12-8-5-4-7-11(12)14(19)17-10-6-9-13(16)18-20/h4-5,7-8,20H,6,9-10H2,1-3H3,(H2,16,18)(H,17,19). The van der Waals surface area contributed by atoms with Crippen molar-refractivity contribution >= 4 is 11.7 Å². The average molecular weight is 277 g/mol. The summed E-state index contributed by atoms with van der Waals surface area (Å²) >= 11 is 0. The summed E-state index contributed by atoms with van der Waals surface area (Å²) in [5.41, 5.74) is 7.01. The van der Waals surface area contributed by atoms with Crippen molar-refractivity contribution in [3.8, 4) is 0 Å². The van der Waals surface area contributed by atoms with Crippen LogP contribution in [0.3, 0.4) is 0 Å². The van der Waals surface area contributed by atoms with Gasteiger partial charge in [-0.2, -0.15) is 0 Å². The van der Waals surface area contributed by atoms with Crippen LogP contribution in [0, 0.1) is 0 Å². The van der Waals surface area contributed by atoms with Crippen molar-refractivity contribution in [3.63, 3.8) is 0 Å². The second-order valence-corrected chi connectivity index (χ2v) is 5.75. The molecule has 110 valence electrons. The fourth-order valence-corrected chi connectivity index (χ4v) is 1.95. The molecule has 0 aromatic heterocycles. The highest BCUT2D eigenvalue weighted by molar-refractivity contribution is 5.96. The zero-order valence-corrected chi connectivity index (χ0v) is 12.3. The van der Waals surface area contributed by atoms with E-state index in [1.165, 1.54) is 0 Å². The molecular weight excluding hydrogens is 254 g/mol. The van der Waals surface area contributed by atoms with Gasteiger partial charge in [0.05, 0.1) is 0 Å². The maximum atomic E-state index is 12.2. The molecule has 0 aliphatic rings. The number of oxime groups is 1. The van der Waals surface area contributed by atoms with Crippen molar-refractivity contribution in [2.24, 2.45) is 10.9 Å². The van der Waals surface area contributed by atoms with Crippen molar-refractivity contribution in [2.45, 2.75) is 39.0 Å². The number of benzene rings is 1. The van der Waals surface area contributed by atoms with Gasteiger partial charge in [0, 0.05) is 18.5 Å². The van der Waals surface area contributed by atoms with E-state index in [1.807, 2.05) is 24.3 Å². The zero-order valence-electron chi connectivity index (χ0n) is 12.3. The van der Waals surface area contributed by atoms with Crippen molar-refractivity contribution in [1.29, 1.82) is 0 Å². The molecule has 0 saturated carbocycles. The Labute approximate surface area is 119 Å². The molecule has 1 amide bonds. The average Bonchev–Trinajstić information content (AvgIpc) is 2.42. The molecule has 0 fully saturated rings. The van der Waals surface area contributed by atoms with Crippen molar-refractivity contribution in [3.05, 3.63) is 35.4 Å². The Balaban J connectivity index is 2.65. The number of rotatable bonds is 5. The summed E-state index contributed by atoms with van der Waals surface area (Å²) in [6.45, 7) is 6.74. The highest BCUT2D eigenvalue weighted by Crippen LogP contribution is 2.25. The van der Waals surface area contributed by atoms with Crippen LogP contribution < -0.4 is 11.1 Å². The van der Waals surface area contributed by atoms with Gasteiger partial charge in [-0.25, -0.2) is 0 Å². The van der Waals surface area contributed by atoms with Gasteiger partial charge in [0.1, 0.15) is 5.84 Å². The quantitative estimate of drug-likeness (QED) is 0.253. The van der Waals surface area contributed by atoms with Crippen LogP contribution in [0.1, 0.15) is 49.5 Å². The molecule has 0 aliphatic heterocycles. The summed E-state index contributed by atoms with van der Waals surface area (Å²) in [4.78, 5) is 12.2. The molecule has 4 N–H and O–H groups in total. The first kappa shape index (κ1) is 16.0. The molecule has 5 nitrogen and oxygen atoms in total. The summed E-state index contributed by atoms with van der Waals surface area (Å²) in [7, 11) is 0. The fraction of sp³-hybridized carbons (Fsp3) is 0.467. The van der Waals surface area contributed by atoms with Gasteiger partial charge < -0.3 is 16.3 Å². The molecule has 0 radical (unpaired) electrons. The van der Waals surface area contributed by atoms with Crippen LogP contribution in [0.2, 0.25) is 0 Å². The Kier molecular flexibility index (Phi) is 5.55. The van der Waals surface area contributed by atoms with Crippen LogP contribution in [-0.2, 0) is 5.41 Å². The van der Waals surface area contributed by atoms with Crippen LogP contribution in [0.4, 0.5) is 0 Å². The van der Waals surface area contributed by atoms with E-state index >= 15 is 0 Å². The molecule has 1 rings (SSSR count). The van der Waals surface area contributed by atoms with Crippen LogP contribution in [-0.4, -0.2) is 23.5 Å². The van der Waals surface area contributed by atoms with E-state index in [4.69, 9.17) is 10.9 Å². The zero-order chi connectivity index (χ0) is 15.2. The summed E-state index contributed by atoms with van der Waals surface area (Å²) in [5, 5.41) is 14.2. The Hall–Kier alpha value is -2.04. The maximum Gasteiger partial charge on any atom is 0.251 e. The number of nitrogens with zero attached hydrogens (tertiary/aromatic N) is 1. The van der Waals surface area contributed by atoms with Gasteiger partial charge in [-0.3, -0.25) is 4.79 Å². The molecule has 1 aromatic rings. The fourth-order valence-electron chi connectivity index (χ4n) is 1.95. The minimum Gasteiger partial charge on any atom is -0.409 e. The third-order valence-corrected chi connectivity index (χ3v) is 3.00. The maximum absolute atomic E-state index is 12.2. The van der Waals surface area contributed by atoms with Gasteiger partial charge >= 0.3 is 0 Å². The Morgan fingerprint density at radius 1 is 1.35 bits per heavy atom. The lowest BCUT2D eigenvalue weighted by molar-refractivity contribution is 0.0951. The topological polar surface area (TPSA) is 87.7 Å². The highest BCUT2D eigenvalue weighted by atomic mass is 16.4. The van der Waals surface area contributed by atoms with E-state index in [-0.39, 0.29) is 17.2 Å². The molecular formula is C15H23N3O2. The number of carbonyl (C=O) groups excluding carboxylic acids is 1. The van der Waals surface area contributed by atoms with E-state index in [0.29, 0.717) is 24.9 Å². The SMILES string of the molecule is CC(C)(C)c1ccccc1C(=O)NCCC/C(N)=N/O. The van der Waals surface area contributed by atoms with E-state index in [2.05, 4.69) is 31.2 Å².